The summed E-state index contributed by atoms with van der Waals surface area (Å²) >= 11 is 0. The van der Waals surface area contributed by atoms with E-state index < -0.39 is 11.9 Å². The van der Waals surface area contributed by atoms with Gasteiger partial charge in [-0.2, -0.15) is 0 Å². The van der Waals surface area contributed by atoms with E-state index in [1.54, 1.807) is 0 Å². The lowest BCUT2D eigenvalue weighted by atomic mass is 9.83. The minimum Gasteiger partial charge on any atom is -0.462 e. The van der Waals surface area contributed by atoms with Gasteiger partial charge in [0.2, 0.25) is 0 Å². The number of carbonyl (C=O) groups excluding carboxylic acids is 2. The van der Waals surface area contributed by atoms with Crippen molar-refractivity contribution in [3.63, 3.8) is 0 Å². The molecule has 3 aliphatic rings. The Morgan fingerprint density at radius 2 is 1.19 bits per heavy atom. The van der Waals surface area contributed by atoms with Crippen LogP contribution in [-0.4, -0.2) is 25.2 Å². The molecule has 2 aliphatic heterocycles. The van der Waals surface area contributed by atoms with E-state index in [1.165, 1.54) is 0 Å². The van der Waals surface area contributed by atoms with E-state index in [2.05, 4.69) is 0 Å². The van der Waals surface area contributed by atoms with Crippen LogP contribution in [0.15, 0.2) is 12.2 Å². The molecule has 88 valence electrons. The fourth-order valence-electron chi connectivity index (χ4n) is 2.20. The quantitative estimate of drug-likeness (QED) is 0.584. The van der Waals surface area contributed by atoms with Crippen LogP contribution in [0.1, 0.15) is 25.7 Å². The molecule has 16 heavy (non-hydrogen) atoms. The van der Waals surface area contributed by atoms with E-state index in [4.69, 9.17) is 9.47 Å². The van der Waals surface area contributed by atoms with Gasteiger partial charge in [0.1, 0.15) is 0 Å². The summed E-state index contributed by atoms with van der Waals surface area (Å²) in [6.45, 7) is 0.954. The van der Waals surface area contributed by atoms with Crippen LogP contribution in [0.4, 0.5) is 0 Å². The molecule has 1 saturated carbocycles. The maximum atomic E-state index is 11.2. The van der Waals surface area contributed by atoms with Gasteiger partial charge in [0, 0.05) is 12.2 Å². The molecule has 0 aromatic heterocycles. The fraction of sp³-hybridized carbons (Fsp3) is 0.667. The molecule has 0 radical (unpaired) electrons. The van der Waals surface area contributed by atoms with Crippen molar-refractivity contribution in [3.8, 4) is 0 Å². The number of esters is 2. The molecule has 3 rings (SSSR count). The first kappa shape index (κ1) is 11.2. The largest absolute Gasteiger partial charge is 0.462 e. The first-order chi connectivity index (χ1) is 7.74. The first-order valence-corrected chi connectivity index (χ1v) is 5.75. The molecule has 1 fully saturated rings. The van der Waals surface area contributed by atoms with Gasteiger partial charge in [-0.05, 0) is 37.5 Å². The van der Waals surface area contributed by atoms with Crippen LogP contribution in [0.25, 0.3) is 0 Å². The van der Waals surface area contributed by atoms with E-state index in [1.807, 2.05) is 0 Å². The molecule has 0 atom stereocenters. The van der Waals surface area contributed by atoms with Gasteiger partial charge >= 0.3 is 11.9 Å². The van der Waals surface area contributed by atoms with Gasteiger partial charge < -0.3 is 9.47 Å². The van der Waals surface area contributed by atoms with E-state index in [0.717, 1.165) is 37.8 Å². The monoisotopic (exact) mass is 224 g/mol. The van der Waals surface area contributed by atoms with Gasteiger partial charge in [-0.15, -0.1) is 0 Å². The highest BCUT2D eigenvalue weighted by atomic mass is 16.5. The number of rotatable bonds is 0. The highest BCUT2D eigenvalue weighted by Crippen LogP contribution is 2.29. The number of fused-ring (bicyclic) bond motifs is 8. The normalized spacial score (nSPS) is 33.2. The van der Waals surface area contributed by atoms with Crippen LogP contribution in [0.3, 0.4) is 0 Å². The zero-order chi connectivity index (χ0) is 11.4. The molecule has 0 saturated heterocycles. The Morgan fingerprint density at radius 3 is 1.56 bits per heavy atom. The Morgan fingerprint density at radius 1 is 0.812 bits per heavy atom. The summed E-state index contributed by atoms with van der Waals surface area (Å²) in [5.41, 5.74) is 0. The summed E-state index contributed by atoms with van der Waals surface area (Å²) in [6.07, 6.45) is 6.49. The molecule has 0 amide bonds. The Labute approximate surface area is 94.6 Å². The molecular weight excluding hydrogens is 208 g/mol. The van der Waals surface area contributed by atoms with Gasteiger partial charge in [0.05, 0.1) is 13.2 Å². The predicted molar refractivity (Wildman–Crippen MR) is 56.5 cm³/mol. The van der Waals surface area contributed by atoms with E-state index >= 15 is 0 Å². The molecule has 4 nitrogen and oxygen atoms in total. The molecule has 0 aromatic rings. The molecular formula is C12H16O4. The lowest BCUT2D eigenvalue weighted by molar-refractivity contribution is -0.143. The topological polar surface area (TPSA) is 52.6 Å². The van der Waals surface area contributed by atoms with E-state index in [-0.39, 0.29) is 0 Å². The lowest BCUT2D eigenvalue weighted by Gasteiger charge is -2.27. The van der Waals surface area contributed by atoms with Crippen LogP contribution < -0.4 is 0 Å². The van der Waals surface area contributed by atoms with Crippen LogP contribution in [-0.2, 0) is 19.1 Å². The van der Waals surface area contributed by atoms with Crippen molar-refractivity contribution in [3.05, 3.63) is 12.2 Å². The van der Waals surface area contributed by atoms with Crippen molar-refractivity contribution in [2.45, 2.75) is 25.7 Å². The number of hydrogen-bond donors (Lipinski definition) is 0. The van der Waals surface area contributed by atoms with Gasteiger partial charge in [-0.3, -0.25) is 0 Å². The minimum atomic E-state index is -0.459. The van der Waals surface area contributed by atoms with Crippen LogP contribution in [0.2, 0.25) is 0 Å². The summed E-state index contributed by atoms with van der Waals surface area (Å²) in [4.78, 5) is 22.4. The SMILES string of the molecule is O=C1/C=C\C(=O)OCC2CCC(CC2)CO1. The summed E-state index contributed by atoms with van der Waals surface area (Å²) in [5, 5.41) is 0. The zero-order valence-electron chi connectivity index (χ0n) is 9.19. The summed E-state index contributed by atoms with van der Waals surface area (Å²) < 4.78 is 10.1. The highest BCUT2D eigenvalue weighted by Gasteiger charge is 2.23. The van der Waals surface area contributed by atoms with Gasteiger partial charge in [0.15, 0.2) is 0 Å². The molecule has 4 heteroatoms. The van der Waals surface area contributed by atoms with Crippen molar-refractivity contribution in [2.75, 3.05) is 13.2 Å². The van der Waals surface area contributed by atoms with E-state index in [0.29, 0.717) is 25.0 Å². The predicted octanol–water partition coefficient (Wildman–Crippen LogP) is 1.45. The summed E-state index contributed by atoms with van der Waals surface area (Å²) in [7, 11) is 0. The van der Waals surface area contributed by atoms with Crippen LogP contribution in [0.5, 0.6) is 0 Å². The standard InChI is InChI=1S/C12H16O4/c13-11-5-6-12(14)16-8-10-2-1-9(3-4-10)7-15-11/h5-6,9-10H,1-4,7-8H2/b6-5-. The second-order valence-corrected chi connectivity index (χ2v) is 4.48. The molecule has 0 spiro atoms. The summed E-state index contributed by atoms with van der Waals surface area (Å²) in [5.74, 6) is 0.0340. The first-order valence-electron chi connectivity index (χ1n) is 5.75. The number of hydrogen-bond acceptors (Lipinski definition) is 4. The maximum absolute atomic E-state index is 11.2. The smallest absolute Gasteiger partial charge is 0.331 e. The van der Waals surface area contributed by atoms with Gasteiger partial charge in [0.25, 0.3) is 0 Å². The van der Waals surface area contributed by atoms with Crippen molar-refractivity contribution in [1.29, 1.82) is 0 Å². The molecule has 0 N–H and O–H groups in total. The Hall–Kier alpha value is -1.32. The Bertz CT molecular complexity index is 270. The van der Waals surface area contributed by atoms with Gasteiger partial charge in [-0.25, -0.2) is 9.59 Å². The molecule has 2 heterocycles. The molecule has 0 unspecified atom stereocenters. The number of carbonyl (C=O) groups is 2. The third-order valence-electron chi connectivity index (χ3n) is 3.24. The average molecular weight is 224 g/mol. The second kappa shape index (κ2) is 5.14. The van der Waals surface area contributed by atoms with Crippen molar-refractivity contribution < 1.29 is 19.1 Å². The molecule has 0 aromatic carbocycles. The van der Waals surface area contributed by atoms with Crippen molar-refractivity contribution in [2.24, 2.45) is 11.8 Å². The fourth-order valence-corrected chi connectivity index (χ4v) is 2.20. The molecule has 2 bridgehead atoms. The minimum absolute atomic E-state index is 0.459. The van der Waals surface area contributed by atoms with Crippen molar-refractivity contribution in [1.82, 2.24) is 0 Å². The maximum Gasteiger partial charge on any atom is 0.331 e. The average Bonchev–Trinajstić information content (AvgIpc) is 2.31. The number of ether oxygens (including phenoxy) is 2. The lowest BCUT2D eigenvalue weighted by Crippen LogP contribution is -2.24. The van der Waals surface area contributed by atoms with Crippen molar-refractivity contribution >= 4 is 11.9 Å². The Balaban J connectivity index is 2.01. The third kappa shape index (κ3) is 3.08. The summed E-state index contributed by atoms with van der Waals surface area (Å²) in [6, 6.07) is 0. The van der Waals surface area contributed by atoms with Crippen LogP contribution in [0, 0.1) is 11.8 Å². The second-order valence-electron chi connectivity index (χ2n) is 4.48. The Kier molecular flexibility index (Phi) is 3.59. The highest BCUT2D eigenvalue weighted by molar-refractivity contribution is 5.91. The zero-order valence-corrected chi connectivity index (χ0v) is 9.19. The molecule has 1 aliphatic carbocycles. The van der Waals surface area contributed by atoms with E-state index in [9.17, 15) is 9.59 Å². The van der Waals surface area contributed by atoms with Crippen LogP contribution >= 0.6 is 0 Å². The van der Waals surface area contributed by atoms with Gasteiger partial charge in [-0.1, -0.05) is 0 Å². The third-order valence-corrected chi connectivity index (χ3v) is 3.24.